The van der Waals surface area contributed by atoms with E-state index in [1.807, 2.05) is 0 Å². The molecule has 1 aliphatic rings. The molecule has 1 aromatic heterocycles. The SMILES string of the molecule is O=C(c1cnn(-c2ccc(F)cc2)n1)N1CCS(=O)(=O)CCO1. The van der Waals surface area contributed by atoms with Crippen LogP contribution in [0.25, 0.3) is 5.69 Å². The number of nitrogens with zero attached hydrogens (tertiary/aromatic N) is 4. The first kappa shape index (κ1) is 15.6. The number of hydroxylamine groups is 2. The number of benzene rings is 1. The normalized spacial score (nSPS) is 17.7. The Hall–Kier alpha value is -2.33. The van der Waals surface area contributed by atoms with Gasteiger partial charge < -0.3 is 0 Å². The van der Waals surface area contributed by atoms with E-state index in [1.165, 1.54) is 35.3 Å². The van der Waals surface area contributed by atoms with Gasteiger partial charge in [-0.1, -0.05) is 0 Å². The van der Waals surface area contributed by atoms with Crippen LogP contribution >= 0.6 is 0 Å². The molecule has 0 saturated carbocycles. The minimum absolute atomic E-state index is 0.00798. The standard InChI is InChI=1S/C13H13FN4O4S/c14-10-1-3-11(4-2-10)18-15-9-12(16-18)13(19)17-5-7-23(20,21)8-6-22-17/h1-4,9H,5-8H2. The molecular weight excluding hydrogens is 327 g/mol. The van der Waals surface area contributed by atoms with Crippen molar-refractivity contribution in [1.29, 1.82) is 0 Å². The Labute approximate surface area is 131 Å². The van der Waals surface area contributed by atoms with Crippen LogP contribution < -0.4 is 0 Å². The van der Waals surface area contributed by atoms with Crippen molar-refractivity contribution >= 4 is 15.7 Å². The first-order valence-corrected chi connectivity index (χ1v) is 8.60. The van der Waals surface area contributed by atoms with Crippen molar-refractivity contribution in [3.05, 3.63) is 42.0 Å². The second-order valence-corrected chi connectivity index (χ2v) is 7.19. The Morgan fingerprint density at radius 1 is 1.22 bits per heavy atom. The van der Waals surface area contributed by atoms with Crippen LogP contribution in [-0.4, -0.2) is 59.0 Å². The highest BCUT2D eigenvalue weighted by Gasteiger charge is 2.26. The van der Waals surface area contributed by atoms with Gasteiger partial charge in [0.2, 0.25) is 0 Å². The zero-order valence-electron chi connectivity index (χ0n) is 11.9. The fourth-order valence-electron chi connectivity index (χ4n) is 2.01. The average Bonchev–Trinajstić information content (AvgIpc) is 2.93. The highest BCUT2D eigenvalue weighted by atomic mass is 32.2. The number of rotatable bonds is 2. The van der Waals surface area contributed by atoms with Crippen molar-refractivity contribution in [2.45, 2.75) is 0 Å². The van der Waals surface area contributed by atoms with E-state index in [2.05, 4.69) is 10.2 Å². The number of hydrogen-bond donors (Lipinski definition) is 0. The lowest BCUT2D eigenvalue weighted by atomic mass is 10.3. The number of amides is 1. The fourth-order valence-corrected chi connectivity index (χ4v) is 2.99. The van der Waals surface area contributed by atoms with E-state index in [0.717, 1.165) is 5.06 Å². The summed E-state index contributed by atoms with van der Waals surface area (Å²) in [4.78, 5) is 18.6. The van der Waals surface area contributed by atoms with Crippen LogP contribution in [0.1, 0.15) is 10.5 Å². The molecule has 0 radical (unpaired) electrons. The molecule has 23 heavy (non-hydrogen) atoms. The van der Waals surface area contributed by atoms with E-state index in [4.69, 9.17) is 4.84 Å². The molecule has 2 heterocycles. The van der Waals surface area contributed by atoms with Gasteiger partial charge in [-0.3, -0.25) is 9.63 Å². The molecule has 3 rings (SSSR count). The van der Waals surface area contributed by atoms with E-state index in [-0.39, 0.29) is 30.4 Å². The van der Waals surface area contributed by atoms with E-state index in [9.17, 15) is 17.6 Å². The number of hydrogen-bond acceptors (Lipinski definition) is 6. The van der Waals surface area contributed by atoms with Gasteiger partial charge in [0.05, 0.1) is 36.5 Å². The molecule has 0 unspecified atom stereocenters. The van der Waals surface area contributed by atoms with Gasteiger partial charge in [0.25, 0.3) is 5.91 Å². The van der Waals surface area contributed by atoms with Gasteiger partial charge >= 0.3 is 0 Å². The van der Waals surface area contributed by atoms with Crippen LogP contribution in [0.3, 0.4) is 0 Å². The van der Waals surface area contributed by atoms with Crippen LogP contribution in [0.15, 0.2) is 30.5 Å². The van der Waals surface area contributed by atoms with Gasteiger partial charge in [-0.25, -0.2) is 17.9 Å². The molecule has 10 heteroatoms. The Morgan fingerprint density at radius 2 is 1.96 bits per heavy atom. The van der Waals surface area contributed by atoms with Crippen LogP contribution in [0.4, 0.5) is 4.39 Å². The molecule has 1 amide bonds. The summed E-state index contributed by atoms with van der Waals surface area (Å²) in [6.07, 6.45) is 1.24. The minimum Gasteiger partial charge on any atom is -0.270 e. The van der Waals surface area contributed by atoms with Crippen molar-refractivity contribution in [2.24, 2.45) is 0 Å². The molecule has 1 aromatic carbocycles. The first-order valence-electron chi connectivity index (χ1n) is 6.78. The smallest absolute Gasteiger partial charge is 0.270 e. The predicted octanol–water partition coefficient (Wildman–Crippen LogP) is 0.209. The molecular formula is C13H13FN4O4S. The predicted molar refractivity (Wildman–Crippen MR) is 77.0 cm³/mol. The average molecular weight is 340 g/mol. The van der Waals surface area contributed by atoms with Gasteiger partial charge in [0.15, 0.2) is 15.5 Å². The van der Waals surface area contributed by atoms with Gasteiger partial charge in [-0.05, 0) is 24.3 Å². The molecule has 122 valence electrons. The molecule has 1 aliphatic heterocycles. The highest BCUT2D eigenvalue weighted by Crippen LogP contribution is 2.10. The summed E-state index contributed by atoms with van der Waals surface area (Å²) in [6, 6.07) is 5.45. The Bertz CT molecular complexity index is 819. The monoisotopic (exact) mass is 340 g/mol. The maximum absolute atomic E-state index is 12.9. The summed E-state index contributed by atoms with van der Waals surface area (Å²) < 4.78 is 35.9. The van der Waals surface area contributed by atoms with Gasteiger partial charge in [0.1, 0.15) is 5.82 Å². The zero-order chi connectivity index (χ0) is 16.4. The molecule has 2 aromatic rings. The highest BCUT2D eigenvalue weighted by molar-refractivity contribution is 7.91. The maximum Gasteiger partial charge on any atom is 0.299 e. The Balaban J connectivity index is 1.77. The Kier molecular flexibility index (Phi) is 4.09. The molecule has 0 N–H and O–H groups in total. The second kappa shape index (κ2) is 6.05. The minimum atomic E-state index is -3.21. The lowest BCUT2D eigenvalue weighted by Gasteiger charge is -2.16. The largest absolute Gasteiger partial charge is 0.299 e. The molecule has 0 atom stereocenters. The van der Waals surface area contributed by atoms with Gasteiger partial charge in [-0.2, -0.15) is 9.90 Å². The van der Waals surface area contributed by atoms with E-state index in [1.54, 1.807) is 0 Å². The van der Waals surface area contributed by atoms with Crippen molar-refractivity contribution < 1.29 is 22.4 Å². The van der Waals surface area contributed by atoms with E-state index in [0.29, 0.717) is 5.69 Å². The lowest BCUT2D eigenvalue weighted by Crippen LogP contribution is -2.33. The third kappa shape index (κ3) is 3.54. The van der Waals surface area contributed by atoms with Gasteiger partial charge in [-0.15, -0.1) is 5.10 Å². The Morgan fingerprint density at radius 3 is 2.70 bits per heavy atom. The topological polar surface area (TPSA) is 94.4 Å². The second-order valence-electron chi connectivity index (χ2n) is 4.89. The number of sulfone groups is 1. The summed E-state index contributed by atoms with van der Waals surface area (Å²) in [5.41, 5.74) is 0.499. The van der Waals surface area contributed by atoms with Gasteiger partial charge in [0, 0.05) is 0 Å². The third-order valence-corrected chi connectivity index (χ3v) is 4.84. The number of aromatic nitrogens is 3. The quantitative estimate of drug-likeness (QED) is 0.776. The van der Waals surface area contributed by atoms with Crippen molar-refractivity contribution in [3.8, 4) is 5.69 Å². The van der Waals surface area contributed by atoms with Crippen LogP contribution in [-0.2, 0) is 14.7 Å². The molecule has 0 bridgehead atoms. The zero-order valence-corrected chi connectivity index (χ0v) is 12.7. The molecule has 0 spiro atoms. The summed E-state index contributed by atoms with van der Waals surface area (Å²) >= 11 is 0. The first-order chi connectivity index (χ1) is 10.9. The molecule has 0 aliphatic carbocycles. The molecule has 1 saturated heterocycles. The number of halogens is 1. The van der Waals surface area contributed by atoms with Crippen LogP contribution in [0, 0.1) is 5.82 Å². The van der Waals surface area contributed by atoms with E-state index >= 15 is 0 Å². The van der Waals surface area contributed by atoms with Crippen molar-refractivity contribution in [3.63, 3.8) is 0 Å². The number of carbonyl (C=O) groups excluding carboxylic acids is 1. The lowest BCUT2D eigenvalue weighted by molar-refractivity contribution is -0.112. The summed E-state index contributed by atoms with van der Waals surface area (Å²) in [7, 11) is -3.21. The fraction of sp³-hybridized carbons (Fsp3) is 0.308. The maximum atomic E-state index is 12.9. The van der Waals surface area contributed by atoms with Crippen LogP contribution in [0.2, 0.25) is 0 Å². The van der Waals surface area contributed by atoms with Crippen molar-refractivity contribution in [2.75, 3.05) is 24.7 Å². The molecule has 8 nitrogen and oxygen atoms in total. The van der Waals surface area contributed by atoms with Crippen molar-refractivity contribution in [1.82, 2.24) is 20.1 Å². The van der Waals surface area contributed by atoms with E-state index < -0.39 is 21.6 Å². The van der Waals surface area contributed by atoms with Crippen LogP contribution in [0.5, 0.6) is 0 Å². The summed E-state index contributed by atoms with van der Waals surface area (Å²) in [5.74, 6) is -1.25. The summed E-state index contributed by atoms with van der Waals surface area (Å²) in [6.45, 7) is -0.148. The third-order valence-electron chi connectivity index (χ3n) is 3.24. The summed E-state index contributed by atoms with van der Waals surface area (Å²) in [5, 5.41) is 8.94. The molecule has 1 fully saturated rings. The number of carbonyl (C=O) groups is 1.